The van der Waals surface area contributed by atoms with Crippen LogP contribution in [0.2, 0.25) is 0 Å². The van der Waals surface area contributed by atoms with Crippen LogP contribution in [0.3, 0.4) is 0 Å². The molecule has 2 atom stereocenters. The van der Waals surface area contributed by atoms with Gasteiger partial charge in [-0.2, -0.15) is 0 Å². The van der Waals surface area contributed by atoms with Crippen molar-refractivity contribution in [2.45, 2.75) is 65.7 Å². The summed E-state index contributed by atoms with van der Waals surface area (Å²) in [6, 6.07) is 0. The minimum atomic E-state index is -0.110. The molecule has 0 aliphatic carbocycles. The molecular formula is C17H29N3O3. The molecule has 0 unspecified atom stereocenters. The summed E-state index contributed by atoms with van der Waals surface area (Å²) in [6.45, 7) is 14.6. The third-order valence-corrected chi connectivity index (χ3v) is 4.51. The topological polar surface area (TPSA) is 67.6 Å². The number of nitrogens with zero attached hydrogens (tertiary/aromatic N) is 2. The Morgan fingerprint density at radius 2 is 1.91 bits per heavy atom. The van der Waals surface area contributed by atoms with Gasteiger partial charge in [0.1, 0.15) is 5.76 Å². The molecule has 23 heavy (non-hydrogen) atoms. The van der Waals surface area contributed by atoms with E-state index in [1.54, 1.807) is 0 Å². The van der Waals surface area contributed by atoms with Crippen molar-refractivity contribution in [1.29, 1.82) is 0 Å². The van der Waals surface area contributed by atoms with Crippen molar-refractivity contribution >= 4 is 5.91 Å². The number of carbonyl (C=O) groups is 1. The number of ether oxygens (including phenoxy) is 1. The van der Waals surface area contributed by atoms with E-state index < -0.39 is 0 Å². The second-order valence-corrected chi connectivity index (χ2v) is 7.23. The van der Waals surface area contributed by atoms with Crippen LogP contribution in [0.4, 0.5) is 0 Å². The average molecular weight is 323 g/mol. The molecule has 1 aliphatic heterocycles. The maximum Gasteiger partial charge on any atom is 0.224 e. The second-order valence-electron chi connectivity index (χ2n) is 7.23. The van der Waals surface area contributed by atoms with E-state index in [0.29, 0.717) is 18.7 Å². The zero-order valence-electron chi connectivity index (χ0n) is 15.1. The van der Waals surface area contributed by atoms with Crippen LogP contribution >= 0.6 is 0 Å². The number of carbonyl (C=O) groups excluding carboxylic acids is 1. The van der Waals surface area contributed by atoms with Gasteiger partial charge in [-0.15, -0.1) is 0 Å². The Kier molecular flexibility index (Phi) is 5.47. The molecule has 0 saturated carbocycles. The average Bonchev–Trinajstić information content (AvgIpc) is 2.76. The molecule has 1 saturated heterocycles. The molecule has 130 valence electrons. The minimum absolute atomic E-state index is 0.00170. The Hall–Kier alpha value is -1.40. The molecule has 6 heteroatoms. The number of aromatic nitrogens is 1. The van der Waals surface area contributed by atoms with Crippen molar-refractivity contribution in [3.63, 3.8) is 0 Å². The van der Waals surface area contributed by atoms with Crippen molar-refractivity contribution in [3.05, 3.63) is 17.0 Å². The van der Waals surface area contributed by atoms with Crippen molar-refractivity contribution in [3.8, 4) is 0 Å². The Morgan fingerprint density at radius 1 is 1.30 bits per heavy atom. The van der Waals surface area contributed by atoms with Gasteiger partial charge in [-0.1, -0.05) is 5.16 Å². The molecule has 1 N–H and O–H groups in total. The zero-order valence-corrected chi connectivity index (χ0v) is 15.1. The summed E-state index contributed by atoms with van der Waals surface area (Å²) in [5.74, 6) is 0.717. The van der Waals surface area contributed by atoms with E-state index in [0.717, 1.165) is 24.3 Å². The summed E-state index contributed by atoms with van der Waals surface area (Å²) in [6.07, 6.45) is 0.750. The van der Waals surface area contributed by atoms with Gasteiger partial charge in [-0.05, 0) is 41.5 Å². The molecule has 0 aromatic carbocycles. The fourth-order valence-corrected chi connectivity index (χ4v) is 3.08. The molecule has 1 fully saturated rings. The summed E-state index contributed by atoms with van der Waals surface area (Å²) >= 11 is 0. The molecule has 0 radical (unpaired) electrons. The van der Waals surface area contributed by atoms with Crippen LogP contribution in [0.25, 0.3) is 0 Å². The molecule has 2 heterocycles. The van der Waals surface area contributed by atoms with E-state index in [9.17, 15) is 4.79 Å². The lowest BCUT2D eigenvalue weighted by Crippen LogP contribution is -2.58. The molecule has 6 nitrogen and oxygen atoms in total. The summed E-state index contributed by atoms with van der Waals surface area (Å²) < 4.78 is 10.9. The Bertz CT molecular complexity index is 524. The molecule has 1 aromatic rings. The summed E-state index contributed by atoms with van der Waals surface area (Å²) in [5, 5.41) is 6.94. The lowest BCUT2D eigenvalue weighted by Gasteiger charge is -2.45. The molecule has 1 amide bonds. The van der Waals surface area contributed by atoms with Crippen molar-refractivity contribution < 1.29 is 14.1 Å². The van der Waals surface area contributed by atoms with E-state index in [2.05, 4.69) is 43.1 Å². The Labute approximate surface area is 138 Å². The number of morpholine rings is 1. The molecule has 0 spiro atoms. The van der Waals surface area contributed by atoms with E-state index >= 15 is 0 Å². The summed E-state index contributed by atoms with van der Waals surface area (Å²) in [4.78, 5) is 14.6. The van der Waals surface area contributed by atoms with Gasteiger partial charge < -0.3 is 14.6 Å². The van der Waals surface area contributed by atoms with Crippen molar-refractivity contribution in [2.24, 2.45) is 0 Å². The third kappa shape index (κ3) is 4.54. The van der Waals surface area contributed by atoms with E-state index in [-0.39, 0.29) is 23.7 Å². The predicted molar refractivity (Wildman–Crippen MR) is 88.4 cm³/mol. The number of nitrogens with one attached hydrogen (secondary N) is 1. The SMILES string of the molecule is Cc1noc(C)c1CC(=O)NCC(C)(C)N1C[C@@H](C)O[C@@H](C)C1. The quantitative estimate of drug-likeness (QED) is 0.895. The first-order valence-corrected chi connectivity index (χ1v) is 8.28. The van der Waals surface area contributed by atoms with Crippen LogP contribution in [0, 0.1) is 13.8 Å². The highest BCUT2D eigenvalue weighted by Crippen LogP contribution is 2.21. The second kappa shape index (κ2) is 7.01. The number of aryl methyl sites for hydroxylation is 2. The molecular weight excluding hydrogens is 294 g/mol. The Morgan fingerprint density at radius 3 is 2.43 bits per heavy atom. The van der Waals surface area contributed by atoms with E-state index in [1.165, 1.54) is 0 Å². The predicted octanol–water partition coefficient (Wildman–Crippen LogP) is 1.84. The standard InChI is InChI=1S/C17H29N3O3/c1-11-8-20(9-12(2)22-11)17(5,6)10-18-16(21)7-15-13(3)19-23-14(15)4/h11-12H,7-10H2,1-6H3,(H,18,21)/t11-,12+. The van der Waals surface area contributed by atoms with Gasteiger partial charge >= 0.3 is 0 Å². The molecule has 0 bridgehead atoms. The van der Waals surface area contributed by atoms with Crippen LogP contribution in [-0.2, 0) is 16.0 Å². The molecule has 1 aliphatic rings. The monoisotopic (exact) mass is 323 g/mol. The third-order valence-electron chi connectivity index (χ3n) is 4.51. The van der Waals surface area contributed by atoms with Crippen molar-refractivity contribution in [2.75, 3.05) is 19.6 Å². The smallest absolute Gasteiger partial charge is 0.224 e. The number of rotatable bonds is 5. The van der Waals surface area contributed by atoms with Crippen molar-refractivity contribution in [1.82, 2.24) is 15.4 Å². The number of hydrogen-bond acceptors (Lipinski definition) is 5. The highest BCUT2D eigenvalue weighted by atomic mass is 16.5. The van der Waals surface area contributed by atoms with Gasteiger partial charge in [0.05, 0.1) is 24.3 Å². The largest absolute Gasteiger partial charge is 0.373 e. The fourth-order valence-electron chi connectivity index (χ4n) is 3.08. The van der Waals surface area contributed by atoms with Gasteiger partial charge in [0, 0.05) is 30.7 Å². The van der Waals surface area contributed by atoms with Gasteiger partial charge in [-0.3, -0.25) is 9.69 Å². The maximum atomic E-state index is 12.2. The van der Waals surface area contributed by atoms with Crippen LogP contribution in [0.1, 0.15) is 44.7 Å². The van der Waals surface area contributed by atoms with Gasteiger partial charge in [0.25, 0.3) is 0 Å². The summed E-state index contributed by atoms with van der Waals surface area (Å²) in [7, 11) is 0. The van der Waals surface area contributed by atoms with Crippen LogP contribution in [-0.4, -0.2) is 53.3 Å². The van der Waals surface area contributed by atoms with Gasteiger partial charge in [0.15, 0.2) is 0 Å². The van der Waals surface area contributed by atoms with Crippen LogP contribution < -0.4 is 5.32 Å². The first-order chi connectivity index (χ1) is 10.7. The highest BCUT2D eigenvalue weighted by molar-refractivity contribution is 5.79. The molecule has 1 aromatic heterocycles. The van der Waals surface area contributed by atoms with Crippen LogP contribution in [0.5, 0.6) is 0 Å². The molecule has 2 rings (SSSR count). The summed E-state index contributed by atoms with van der Waals surface area (Å²) in [5.41, 5.74) is 1.56. The highest BCUT2D eigenvalue weighted by Gasteiger charge is 2.33. The maximum absolute atomic E-state index is 12.2. The number of amides is 1. The van der Waals surface area contributed by atoms with Gasteiger partial charge in [0.2, 0.25) is 5.91 Å². The van der Waals surface area contributed by atoms with E-state index in [4.69, 9.17) is 9.26 Å². The first kappa shape index (κ1) is 17.9. The van der Waals surface area contributed by atoms with Gasteiger partial charge in [-0.25, -0.2) is 0 Å². The lowest BCUT2D eigenvalue weighted by molar-refractivity contribution is -0.122. The minimum Gasteiger partial charge on any atom is -0.373 e. The zero-order chi connectivity index (χ0) is 17.2. The van der Waals surface area contributed by atoms with E-state index in [1.807, 2.05) is 13.8 Å². The lowest BCUT2D eigenvalue weighted by atomic mass is 10.00. The normalized spacial score (nSPS) is 23.0. The van der Waals surface area contributed by atoms with Crippen LogP contribution in [0.15, 0.2) is 4.52 Å². The fraction of sp³-hybridized carbons (Fsp3) is 0.765. The number of hydrogen-bond donors (Lipinski definition) is 1. The Balaban J connectivity index is 1.89. The first-order valence-electron chi connectivity index (χ1n) is 8.28.